The fourth-order valence-electron chi connectivity index (χ4n) is 8.98. The van der Waals surface area contributed by atoms with E-state index in [1.54, 1.807) is 60.7 Å². The minimum Gasteiger partial charge on any atom is -0.505 e. The number of amides is 2. The largest absolute Gasteiger partial charge is 0.505 e. The summed E-state index contributed by atoms with van der Waals surface area (Å²) in [6.45, 7) is 0. The van der Waals surface area contributed by atoms with Crippen LogP contribution >= 0.6 is 0 Å². The van der Waals surface area contributed by atoms with Crippen molar-refractivity contribution in [3.63, 3.8) is 0 Å². The molecule has 4 aromatic rings. The fourth-order valence-corrected chi connectivity index (χ4v) is 8.98. The minimum absolute atomic E-state index is 0.0652. The number of phenols is 1. The van der Waals surface area contributed by atoms with Gasteiger partial charge in [-0.15, -0.1) is 0 Å². The lowest BCUT2D eigenvalue weighted by molar-refractivity contribution is -0.135. The molecule has 6 atom stereocenters. The number of halogens is 1. The highest BCUT2D eigenvalue weighted by atomic mass is 19.1. The SMILES string of the molecule is O=C(O)c1cccc(N2C(=O)[C@H]3[C@H](CC=C4[C@H]3C[C@H]3C(=O)C(c5ccccc5)=CC(=O)[C@@]3(c3ccccc3)[C@H]4c3ccc(O)c(F)c3)C2=O)c1. The van der Waals surface area contributed by atoms with Crippen LogP contribution in [0.1, 0.15) is 45.8 Å². The number of aromatic hydroxyl groups is 1. The van der Waals surface area contributed by atoms with Crippen LogP contribution in [0.25, 0.3) is 5.57 Å². The van der Waals surface area contributed by atoms with Crippen LogP contribution in [0.3, 0.4) is 0 Å². The van der Waals surface area contributed by atoms with Crippen LogP contribution in [0.2, 0.25) is 0 Å². The molecule has 1 saturated carbocycles. The summed E-state index contributed by atoms with van der Waals surface area (Å²) in [7, 11) is 0. The Labute approximate surface area is 286 Å². The first-order valence-corrected chi connectivity index (χ1v) is 16.4. The number of aromatic carboxylic acids is 1. The number of carboxylic acid groups (broad SMARTS) is 1. The molecule has 2 amide bonds. The third-order valence-corrected chi connectivity index (χ3v) is 11.0. The maximum atomic E-state index is 15.2. The molecule has 1 saturated heterocycles. The zero-order valence-electron chi connectivity index (χ0n) is 26.5. The van der Waals surface area contributed by atoms with E-state index >= 15 is 4.39 Å². The van der Waals surface area contributed by atoms with Crippen molar-refractivity contribution in [3.05, 3.63) is 149 Å². The fraction of sp³-hybridized carbons (Fsp3) is 0.195. The molecule has 4 aliphatic rings. The Hall–Kier alpha value is -5.96. The Kier molecular flexibility index (Phi) is 7.25. The minimum atomic E-state index is -1.53. The summed E-state index contributed by atoms with van der Waals surface area (Å²) in [6, 6.07) is 27.4. The van der Waals surface area contributed by atoms with Crippen molar-refractivity contribution in [2.24, 2.45) is 23.7 Å². The van der Waals surface area contributed by atoms with Crippen LogP contribution in [0.4, 0.5) is 10.1 Å². The van der Waals surface area contributed by atoms with E-state index in [1.165, 1.54) is 42.5 Å². The molecule has 248 valence electrons. The van der Waals surface area contributed by atoms with E-state index in [4.69, 9.17) is 0 Å². The van der Waals surface area contributed by atoms with E-state index in [9.17, 15) is 34.2 Å². The second-order valence-corrected chi connectivity index (χ2v) is 13.4. The predicted octanol–water partition coefficient (Wildman–Crippen LogP) is 6.26. The number of carboxylic acids is 1. The number of phenolic OH excluding ortho intramolecular Hbond substituents is 1. The van der Waals surface area contributed by atoms with Gasteiger partial charge >= 0.3 is 5.97 Å². The lowest BCUT2D eigenvalue weighted by Gasteiger charge is -2.55. The van der Waals surface area contributed by atoms with Gasteiger partial charge in [-0.1, -0.05) is 84.4 Å². The topological polar surface area (TPSA) is 129 Å². The molecule has 0 unspecified atom stereocenters. The molecule has 8 rings (SSSR count). The van der Waals surface area contributed by atoms with Gasteiger partial charge in [-0.2, -0.15) is 0 Å². The average Bonchev–Trinajstić information content (AvgIpc) is 3.39. The van der Waals surface area contributed by atoms with Gasteiger partial charge in [-0.25, -0.2) is 9.18 Å². The van der Waals surface area contributed by atoms with Crippen molar-refractivity contribution < 1.29 is 38.6 Å². The van der Waals surface area contributed by atoms with Crippen molar-refractivity contribution in [2.45, 2.75) is 24.2 Å². The Morgan fingerprint density at radius 3 is 2.24 bits per heavy atom. The molecule has 50 heavy (non-hydrogen) atoms. The smallest absolute Gasteiger partial charge is 0.335 e. The van der Waals surface area contributed by atoms with E-state index < -0.39 is 64.4 Å². The second-order valence-electron chi connectivity index (χ2n) is 13.4. The first kappa shape index (κ1) is 31.3. The van der Waals surface area contributed by atoms with Crippen LogP contribution in [-0.4, -0.2) is 39.6 Å². The molecule has 0 bridgehead atoms. The average molecular weight is 668 g/mol. The number of allylic oxidation sites excluding steroid dienone is 4. The van der Waals surface area contributed by atoms with Crippen molar-refractivity contribution >= 4 is 40.6 Å². The number of benzene rings is 4. The third kappa shape index (κ3) is 4.46. The number of ketones is 2. The number of carbonyl (C=O) groups is 5. The molecule has 1 heterocycles. The molecule has 9 heteroatoms. The third-order valence-electron chi connectivity index (χ3n) is 11.0. The molecule has 2 N–H and O–H groups in total. The van der Waals surface area contributed by atoms with Gasteiger partial charge in [0.05, 0.1) is 28.5 Å². The van der Waals surface area contributed by atoms with Crippen LogP contribution in [-0.2, 0) is 24.6 Å². The summed E-state index contributed by atoms with van der Waals surface area (Å²) in [5.74, 6) is -8.63. The standard InChI is InChI=1S/C41H30FNO7/c42-32-19-23(14-17-33(32)44)36-27-15-16-28-35(39(48)43(38(28)47)26-13-7-10-24(18-26)40(49)50)30(27)20-31-37(46)29(22-8-3-1-4-9-22)21-34(45)41(31,36)25-11-5-2-6-12-25/h1-15,17-19,21,28,30-31,35-36,44H,16,20H2,(H,49,50)/t28-,30+,31-,35-,36-,41-/m0/s1. The Bertz CT molecular complexity index is 2190. The summed E-state index contributed by atoms with van der Waals surface area (Å²) in [4.78, 5) is 71.1. The zero-order valence-corrected chi connectivity index (χ0v) is 26.5. The first-order chi connectivity index (χ1) is 24.1. The van der Waals surface area contributed by atoms with E-state index in [0.717, 1.165) is 4.90 Å². The molecule has 1 aliphatic heterocycles. The quantitative estimate of drug-likeness (QED) is 0.190. The van der Waals surface area contributed by atoms with E-state index in [1.807, 2.05) is 12.1 Å². The zero-order chi connectivity index (χ0) is 34.9. The number of fused-ring (bicyclic) bond motifs is 4. The van der Waals surface area contributed by atoms with Gasteiger partial charge < -0.3 is 10.2 Å². The Morgan fingerprint density at radius 1 is 0.820 bits per heavy atom. The highest BCUT2D eigenvalue weighted by molar-refractivity contribution is 6.32. The molecular formula is C41H30FNO7. The number of Topliss-reactive ketones (excluding diaryl/α,β-unsaturated/α-hetero) is 1. The lowest BCUT2D eigenvalue weighted by Crippen LogP contribution is -2.58. The summed E-state index contributed by atoms with van der Waals surface area (Å²) >= 11 is 0. The van der Waals surface area contributed by atoms with Gasteiger partial charge in [0.1, 0.15) is 0 Å². The number of anilines is 1. The number of nitrogens with zero attached hydrogens (tertiary/aromatic N) is 1. The Balaban J connectivity index is 1.35. The van der Waals surface area contributed by atoms with E-state index in [0.29, 0.717) is 22.3 Å². The van der Waals surface area contributed by atoms with Crippen LogP contribution in [0.5, 0.6) is 5.75 Å². The van der Waals surface area contributed by atoms with Gasteiger partial charge in [0.25, 0.3) is 0 Å². The molecule has 0 spiro atoms. The number of carbonyl (C=O) groups excluding carboxylic acids is 4. The van der Waals surface area contributed by atoms with Crippen LogP contribution in [0, 0.1) is 29.5 Å². The molecule has 2 fully saturated rings. The number of hydrogen-bond donors (Lipinski definition) is 2. The van der Waals surface area contributed by atoms with Crippen molar-refractivity contribution in [1.29, 1.82) is 0 Å². The lowest BCUT2D eigenvalue weighted by atomic mass is 9.44. The summed E-state index contributed by atoms with van der Waals surface area (Å²) in [5.41, 5.74) is 0.899. The first-order valence-electron chi connectivity index (χ1n) is 16.4. The Morgan fingerprint density at radius 2 is 1.54 bits per heavy atom. The number of hydrogen-bond acceptors (Lipinski definition) is 6. The summed E-state index contributed by atoms with van der Waals surface area (Å²) in [6.07, 6.45) is 3.46. The predicted molar refractivity (Wildman–Crippen MR) is 181 cm³/mol. The molecular weight excluding hydrogens is 637 g/mol. The highest BCUT2D eigenvalue weighted by Crippen LogP contribution is 2.63. The molecule has 0 aromatic heterocycles. The monoisotopic (exact) mass is 667 g/mol. The van der Waals surface area contributed by atoms with Gasteiger partial charge in [-0.05, 0) is 71.9 Å². The van der Waals surface area contributed by atoms with Gasteiger partial charge in [-0.3, -0.25) is 24.1 Å². The van der Waals surface area contributed by atoms with Crippen molar-refractivity contribution in [3.8, 4) is 5.75 Å². The van der Waals surface area contributed by atoms with E-state index in [-0.39, 0.29) is 41.2 Å². The van der Waals surface area contributed by atoms with E-state index in [2.05, 4.69) is 0 Å². The normalized spacial score (nSPS) is 27.2. The van der Waals surface area contributed by atoms with Crippen LogP contribution < -0.4 is 4.90 Å². The molecule has 8 nitrogen and oxygen atoms in total. The van der Waals surface area contributed by atoms with Gasteiger partial charge in [0.15, 0.2) is 23.1 Å². The summed E-state index contributed by atoms with van der Waals surface area (Å²) < 4.78 is 15.2. The molecule has 3 aliphatic carbocycles. The highest BCUT2D eigenvalue weighted by Gasteiger charge is 2.66. The maximum Gasteiger partial charge on any atom is 0.335 e. The van der Waals surface area contributed by atoms with Gasteiger partial charge in [0.2, 0.25) is 11.8 Å². The van der Waals surface area contributed by atoms with Crippen molar-refractivity contribution in [2.75, 3.05) is 4.90 Å². The second kappa shape index (κ2) is 11.6. The van der Waals surface area contributed by atoms with Gasteiger partial charge in [0, 0.05) is 17.4 Å². The number of imide groups is 1. The summed E-state index contributed by atoms with van der Waals surface area (Å²) in [5, 5.41) is 19.8. The maximum absolute atomic E-state index is 15.2. The number of rotatable bonds is 5. The molecule has 0 radical (unpaired) electrons. The molecule has 4 aromatic carbocycles. The van der Waals surface area contributed by atoms with Crippen molar-refractivity contribution in [1.82, 2.24) is 0 Å². The van der Waals surface area contributed by atoms with Crippen LogP contribution in [0.15, 0.2) is 121 Å².